The summed E-state index contributed by atoms with van der Waals surface area (Å²) < 4.78 is 2.30. The lowest BCUT2D eigenvalue weighted by molar-refractivity contribution is 0.230. The van der Waals surface area contributed by atoms with E-state index in [-0.39, 0.29) is 0 Å². The van der Waals surface area contributed by atoms with E-state index in [0.29, 0.717) is 6.04 Å². The Morgan fingerprint density at radius 3 is 2.39 bits per heavy atom. The largest absolute Gasteiger partial charge is 0.313 e. The van der Waals surface area contributed by atoms with Crippen molar-refractivity contribution in [3.05, 3.63) is 32.7 Å². The molecule has 0 bridgehead atoms. The number of benzene rings is 1. The molecule has 1 aliphatic rings. The van der Waals surface area contributed by atoms with Gasteiger partial charge in [-0.05, 0) is 55.5 Å². The summed E-state index contributed by atoms with van der Waals surface area (Å²) in [5, 5.41) is 3.52. The number of halogens is 2. The SMILES string of the molecule is CNC(c1cc(Br)cc(Br)c1)C1CCCC(C)C1. The summed E-state index contributed by atoms with van der Waals surface area (Å²) in [7, 11) is 2.08. The van der Waals surface area contributed by atoms with E-state index < -0.39 is 0 Å². The number of nitrogens with one attached hydrogen (secondary N) is 1. The molecule has 1 saturated carbocycles. The summed E-state index contributed by atoms with van der Waals surface area (Å²) in [4.78, 5) is 0. The van der Waals surface area contributed by atoms with Crippen molar-refractivity contribution in [2.75, 3.05) is 7.05 Å². The van der Waals surface area contributed by atoms with E-state index in [1.807, 2.05) is 0 Å². The summed E-state index contributed by atoms with van der Waals surface area (Å²) in [6.07, 6.45) is 5.46. The smallest absolute Gasteiger partial charge is 0.0347 e. The van der Waals surface area contributed by atoms with Crippen molar-refractivity contribution in [1.29, 1.82) is 0 Å². The predicted molar refractivity (Wildman–Crippen MR) is 84.8 cm³/mol. The molecule has 0 radical (unpaired) electrons. The number of rotatable bonds is 3. The lowest BCUT2D eigenvalue weighted by atomic mass is 9.77. The van der Waals surface area contributed by atoms with Gasteiger partial charge in [0.2, 0.25) is 0 Å². The maximum Gasteiger partial charge on any atom is 0.0347 e. The average molecular weight is 375 g/mol. The van der Waals surface area contributed by atoms with Crippen LogP contribution in [0, 0.1) is 11.8 Å². The van der Waals surface area contributed by atoms with Crippen molar-refractivity contribution in [2.45, 2.75) is 38.6 Å². The first-order chi connectivity index (χ1) is 8.60. The Kier molecular flexibility index (Phi) is 5.28. The molecule has 3 atom stereocenters. The first-order valence-corrected chi connectivity index (χ1v) is 8.32. The van der Waals surface area contributed by atoms with Crippen molar-refractivity contribution < 1.29 is 0 Å². The van der Waals surface area contributed by atoms with Gasteiger partial charge in [-0.1, -0.05) is 51.6 Å². The molecule has 1 fully saturated rings. The fraction of sp³-hybridized carbons (Fsp3) is 0.600. The van der Waals surface area contributed by atoms with E-state index in [9.17, 15) is 0 Å². The van der Waals surface area contributed by atoms with Gasteiger partial charge in [-0.15, -0.1) is 0 Å². The van der Waals surface area contributed by atoms with Gasteiger partial charge < -0.3 is 5.32 Å². The molecule has 1 aromatic rings. The van der Waals surface area contributed by atoms with Gasteiger partial charge in [0.15, 0.2) is 0 Å². The Hall–Kier alpha value is 0.140. The molecule has 0 heterocycles. The van der Waals surface area contributed by atoms with Crippen LogP contribution in [0.3, 0.4) is 0 Å². The van der Waals surface area contributed by atoms with Crippen LogP contribution in [-0.2, 0) is 0 Å². The highest BCUT2D eigenvalue weighted by Crippen LogP contribution is 2.38. The van der Waals surface area contributed by atoms with Gasteiger partial charge in [-0.3, -0.25) is 0 Å². The van der Waals surface area contributed by atoms with Crippen molar-refractivity contribution >= 4 is 31.9 Å². The maximum absolute atomic E-state index is 3.59. The number of hydrogen-bond donors (Lipinski definition) is 1. The van der Waals surface area contributed by atoms with Crippen LogP contribution in [0.4, 0.5) is 0 Å². The zero-order chi connectivity index (χ0) is 13.1. The van der Waals surface area contributed by atoms with Crippen LogP contribution in [-0.4, -0.2) is 7.05 Å². The van der Waals surface area contributed by atoms with Crippen LogP contribution < -0.4 is 5.32 Å². The first kappa shape index (κ1) is 14.5. The van der Waals surface area contributed by atoms with Crippen LogP contribution in [0.15, 0.2) is 27.1 Å². The molecule has 1 N–H and O–H groups in total. The van der Waals surface area contributed by atoms with Gasteiger partial charge in [0.25, 0.3) is 0 Å². The molecular formula is C15H21Br2N. The predicted octanol–water partition coefficient (Wildman–Crippen LogP) is 5.30. The highest BCUT2D eigenvalue weighted by molar-refractivity contribution is 9.11. The number of hydrogen-bond acceptors (Lipinski definition) is 1. The molecule has 0 saturated heterocycles. The minimum absolute atomic E-state index is 0.474. The fourth-order valence-electron chi connectivity index (χ4n) is 3.21. The topological polar surface area (TPSA) is 12.0 Å². The van der Waals surface area contributed by atoms with Crippen LogP contribution in [0.1, 0.15) is 44.2 Å². The van der Waals surface area contributed by atoms with Gasteiger partial charge in [0, 0.05) is 15.0 Å². The highest BCUT2D eigenvalue weighted by atomic mass is 79.9. The average Bonchev–Trinajstić information content (AvgIpc) is 2.28. The molecule has 0 spiro atoms. The van der Waals surface area contributed by atoms with E-state index in [1.165, 1.54) is 31.2 Å². The molecule has 3 heteroatoms. The third-order valence-corrected chi connectivity index (χ3v) is 4.92. The molecule has 100 valence electrons. The molecule has 18 heavy (non-hydrogen) atoms. The standard InChI is InChI=1S/C15H21Br2N/c1-10-4-3-5-11(6-10)15(18-2)12-7-13(16)9-14(17)8-12/h7-11,15,18H,3-6H2,1-2H3. The van der Waals surface area contributed by atoms with E-state index in [2.05, 4.69) is 69.3 Å². The van der Waals surface area contributed by atoms with Crippen molar-refractivity contribution in [2.24, 2.45) is 11.8 Å². The Bertz CT molecular complexity index is 385. The maximum atomic E-state index is 3.59. The molecule has 2 rings (SSSR count). The lowest BCUT2D eigenvalue weighted by Gasteiger charge is -2.33. The van der Waals surface area contributed by atoms with E-state index in [4.69, 9.17) is 0 Å². The summed E-state index contributed by atoms with van der Waals surface area (Å²) in [6, 6.07) is 7.05. The van der Waals surface area contributed by atoms with Crippen molar-refractivity contribution in [1.82, 2.24) is 5.32 Å². The van der Waals surface area contributed by atoms with Crippen molar-refractivity contribution in [3.8, 4) is 0 Å². The first-order valence-electron chi connectivity index (χ1n) is 6.73. The second kappa shape index (κ2) is 6.53. The highest BCUT2D eigenvalue weighted by Gasteiger charge is 2.27. The van der Waals surface area contributed by atoms with E-state index in [1.54, 1.807) is 0 Å². The third-order valence-electron chi connectivity index (χ3n) is 4.00. The normalized spacial score (nSPS) is 26.0. The molecule has 3 unspecified atom stereocenters. The minimum atomic E-state index is 0.474. The molecule has 0 amide bonds. The molecule has 1 aliphatic carbocycles. The Balaban J connectivity index is 2.21. The summed E-state index contributed by atoms with van der Waals surface area (Å²) in [5.74, 6) is 1.63. The van der Waals surface area contributed by atoms with Crippen LogP contribution in [0.5, 0.6) is 0 Å². The third kappa shape index (κ3) is 3.58. The van der Waals surface area contributed by atoms with Crippen LogP contribution in [0.2, 0.25) is 0 Å². The molecule has 0 aliphatic heterocycles. The monoisotopic (exact) mass is 373 g/mol. The molecular weight excluding hydrogens is 354 g/mol. The lowest BCUT2D eigenvalue weighted by Crippen LogP contribution is -2.29. The van der Waals surface area contributed by atoms with Crippen LogP contribution >= 0.6 is 31.9 Å². The minimum Gasteiger partial charge on any atom is -0.313 e. The van der Waals surface area contributed by atoms with Crippen molar-refractivity contribution in [3.63, 3.8) is 0 Å². The van der Waals surface area contributed by atoms with E-state index in [0.717, 1.165) is 20.8 Å². The molecule has 0 aromatic heterocycles. The zero-order valence-electron chi connectivity index (χ0n) is 11.0. The summed E-state index contributed by atoms with van der Waals surface area (Å²) >= 11 is 7.18. The molecule has 1 nitrogen and oxygen atoms in total. The van der Waals surface area contributed by atoms with Gasteiger partial charge in [-0.25, -0.2) is 0 Å². The second-order valence-electron chi connectivity index (χ2n) is 5.50. The Morgan fingerprint density at radius 1 is 1.17 bits per heavy atom. The Morgan fingerprint density at radius 2 is 1.83 bits per heavy atom. The Labute approximate surface area is 127 Å². The fourth-order valence-corrected chi connectivity index (χ4v) is 4.54. The van der Waals surface area contributed by atoms with Gasteiger partial charge >= 0.3 is 0 Å². The quantitative estimate of drug-likeness (QED) is 0.756. The summed E-state index contributed by atoms with van der Waals surface area (Å²) in [5.41, 5.74) is 1.39. The van der Waals surface area contributed by atoms with Gasteiger partial charge in [0.05, 0.1) is 0 Å². The van der Waals surface area contributed by atoms with Gasteiger partial charge in [0.1, 0.15) is 0 Å². The zero-order valence-corrected chi connectivity index (χ0v) is 14.2. The molecule has 1 aromatic carbocycles. The van der Waals surface area contributed by atoms with Gasteiger partial charge in [-0.2, -0.15) is 0 Å². The van der Waals surface area contributed by atoms with Crippen LogP contribution in [0.25, 0.3) is 0 Å². The summed E-state index contributed by atoms with van der Waals surface area (Å²) in [6.45, 7) is 2.38. The van der Waals surface area contributed by atoms with E-state index >= 15 is 0 Å². The second-order valence-corrected chi connectivity index (χ2v) is 7.33.